The molecule has 1 aliphatic rings. The Kier molecular flexibility index (Phi) is 7.30. The van der Waals surface area contributed by atoms with Crippen LogP contribution in [0.2, 0.25) is 0 Å². The molecule has 0 N–H and O–H groups in total. The van der Waals surface area contributed by atoms with Crippen LogP contribution in [0.4, 0.5) is 0 Å². The SMILES string of the molecule is CCCCO[P+](=O)C1(CCCC)CCCCC1. The van der Waals surface area contributed by atoms with Crippen molar-refractivity contribution in [3.05, 3.63) is 0 Å². The quantitative estimate of drug-likeness (QED) is 0.428. The lowest BCUT2D eigenvalue weighted by molar-refractivity contribution is 0.269. The number of hydrogen-bond acceptors (Lipinski definition) is 2. The molecule has 1 rings (SSSR count). The molecule has 2 nitrogen and oxygen atoms in total. The number of rotatable bonds is 8. The Bertz CT molecular complexity index is 222. The van der Waals surface area contributed by atoms with Gasteiger partial charge in [-0.2, -0.15) is 0 Å². The van der Waals surface area contributed by atoms with Gasteiger partial charge in [-0.3, -0.25) is 0 Å². The van der Waals surface area contributed by atoms with Crippen molar-refractivity contribution in [2.45, 2.75) is 83.2 Å². The zero-order valence-electron chi connectivity index (χ0n) is 11.5. The second-order valence-corrected chi connectivity index (χ2v) is 7.05. The third-order valence-electron chi connectivity index (χ3n) is 3.87. The molecule has 0 aromatic carbocycles. The minimum Gasteiger partial charge on any atom is -0.146 e. The summed E-state index contributed by atoms with van der Waals surface area (Å²) in [5.74, 6) is 0. The Morgan fingerprint density at radius 3 is 2.29 bits per heavy atom. The lowest BCUT2D eigenvalue weighted by Gasteiger charge is -2.26. The molecule has 0 radical (unpaired) electrons. The van der Waals surface area contributed by atoms with E-state index in [2.05, 4.69) is 13.8 Å². The largest absolute Gasteiger partial charge is 0.514 e. The highest BCUT2D eigenvalue weighted by Crippen LogP contribution is 2.52. The lowest BCUT2D eigenvalue weighted by atomic mass is 9.85. The van der Waals surface area contributed by atoms with Gasteiger partial charge in [0.05, 0.1) is 0 Å². The zero-order chi connectivity index (χ0) is 12.6. The molecule has 1 aliphatic carbocycles. The number of hydrogen-bond donors (Lipinski definition) is 0. The van der Waals surface area contributed by atoms with Gasteiger partial charge in [-0.1, -0.05) is 33.1 Å². The third-order valence-corrected chi connectivity index (χ3v) is 5.74. The van der Waals surface area contributed by atoms with E-state index in [9.17, 15) is 4.57 Å². The summed E-state index contributed by atoms with van der Waals surface area (Å²) in [4.78, 5) is 0. The van der Waals surface area contributed by atoms with Gasteiger partial charge in [0.15, 0.2) is 5.16 Å². The topological polar surface area (TPSA) is 26.3 Å². The van der Waals surface area contributed by atoms with Crippen molar-refractivity contribution in [2.75, 3.05) is 6.61 Å². The van der Waals surface area contributed by atoms with Gasteiger partial charge < -0.3 is 0 Å². The van der Waals surface area contributed by atoms with Crippen molar-refractivity contribution in [1.82, 2.24) is 0 Å². The van der Waals surface area contributed by atoms with Crippen LogP contribution < -0.4 is 0 Å². The van der Waals surface area contributed by atoms with Crippen LogP contribution in [-0.4, -0.2) is 11.8 Å². The van der Waals surface area contributed by atoms with Crippen LogP contribution in [0.3, 0.4) is 0 Å². The van der Waals surface area contributed by atoms with Gasteiger partial charge in [0, 0.05) is 0 Å². The summed E-state index contributed by atoms with van der Waals surface area (Å²) in [5.41, 5.74) is 0. The Labute approximate surface area is 107 Å². The first-order valence-corrected chi connectivity index (χ1v) is 8.53. The molecule has 0 bridgehead atoms. The predicted molar refractivity (Wildman–Crippen MR) is 73.8 cm³/mol. The molecular weight excluding hydrogens is 231 g/mol. The fourth-order valence-corrected chi connectivity index (χ4v) is 4.26. The van der Waals surface area contributed by atoms with Gasteiger partial charge in [-0.15, -0.1) is 4.52 Å². The van der Waals surface area contributed by atoms with Crippen molar-refractivity contribution in [3.63, 3.8) is 0 Å². The second kappa shape index (κ2) is 8.21. The third kappa shape index (κ3) is 4.67. The first-order valence-electron chi connectivity index (χ1n) is 7.35. The molecule has 0 saturated heterocycles. The van der Waals surface area contributed by atoms with Gasteiger partial charge in [0.25, 0.3) is 0 Å². The lowest BCUT2D eigenvalue weighted by Crippen LogP contribution is -2.28. The molecule has 100 valence electrons. The maximum absolute atomic E-state index is 12.4. The van der Waals surface area contributed by atoms with E-state index >= 15 is 0 Å². The number of unbranched alkanes of at least 4 members (excludes halogenated alkanes) is 2. The maximum Gasteiger partial charge on any atom is 0.514 e. The van der Waals surface area contributed by atoms with Gasteiger partial charge in [0.2, 0.25) is 0 Å². The smallest absolute Gasteiger partial charge is 0.146 e. The van der Waals surface area contributed by atoms with Crippen LogP contribution in [-0.2, 0) is 9.09 Å². The van der Waals surface area contributed by atoms with E-state index < -0.39 is 8.03 Å². The highest BCUT2D eigenvalue weighted by molar-refractivity contribution is 7.41. The molecule has 0 spiro atoms. The molecule has 1 saturated carbocycles. The summed E-state index contributed by atoms with van der Waals surface area (Å²) in [5, 5.41) is 0.0251. The summed E-state index contributed by atoms with van der Waals surface area (Å²) >= 11 is 0. The van der Waals surface area contributed by atoms with E-state index in [1.54, 1.807) is 0 Å². The van der Waals surface area contributed by atoms with Crippen molar-refractivity contribution in [2.24, 2.45) is 0 Å². The van der Waals surface area contributed by atoms with Gasteiger partial charge in [-0.05, 0) is 49.5 Å². The predicted octanol–water partition coefficient (Wildman–Crippen LogP) is 5.44. The van der Waals surface area contributed by atoms with E-state index in [4.69, 9.17) is 4.52 Å². The molecule has 1 fully saturated rings. The Balaban J connectivity index is 2.51. The fourth-order valence-electron chi connectivity index (χ4n) is 2.67. The molecule has 0 aliphatic heterocycles. The minimum absolute atomic E-state index is 0.0251. The summed E-state index contributed by atoms with van der Waals surface area (Å²) in [7, 11) is -1.46. The first kappa shape index (κ1) is 15.1. The molecule has 0 aromatic heterocycles. The molecule has 1 unspecified atom stereocenters. The molecule has 0 amide bonds. The van der Waals surface area contributed by atoms with Crippen LogP contribution in [0, 0.1) is 0 Å². The van der Waals surface area contributed by atoms with E-state index in [0.717, 1.165) is 32.1 Å². The Morgan fingerprint density at radius 2 is 1.71 bits per heavy atom. The maximum atomic E-state index is 12.4. The minimum atomic E-state index is -1.46. The van der Waals surface area contributed by atoms with Crippen LogP contribution in [0.1, 0.15) is 78.1 Å². The van der Waals surface area contributed by atoms with Crippen LogP contribution in [0.25, 0.3) is 0 Å². The van der Waals surface area contributed by atoms with Crippen LogP contribution >= 0.6 is 8.03 Å². The Morgan fingerprint density at radius 1 is 1.06 bits per heavy atom. The van der Waals surface area contributed by atoms with Crippen LogP contribution in [0.15, 0.2) is 0 Å². The van der Waals surface area contributed by atoms with Crippen LogP contribution in [0.5, 0.6) is 0 Å². The van der Waals surface area contributed by atoms with Crippen molar-refractivity contribution < 1.29 is 9.09 Å². The second-order valence-electron chi connectivity index (χ2n) is 5.33. The summed E-state index contributed by atoms with van der Waals surface area (Å²) in [6.45, 7) is 5.03. The molecule has 0 aromatic rings. The highest BCUT2D eigenvalue weighted by atomic mass is 31.1. The standard InChI is InChI=1S/C14H28O2P/c1-3-5-10-14(11-8-7-9-12-14)17(15)16-13-6-4-2/h3-13H2,1-2H3/q+1. The average Bonchev–Trinajstić information content (AvgIpc) is 2.37. The Hall–Kier alpha value is 0.0600. The van der Waals surface area contributed by atoms with Gasteiger partial charge in [0.1, 0.15) is 6.61 Å². The molecule has 17 heavy (non-hydrogen) atoms. The molecule has 1 atom stereocenters. The highest BCUT2D eigenvalue weighted by Gasteiger charge is 2.50. The zero-order valence-corrected chi connectivity index (χ0v) is 12.4. The summed E-state index contributed by atoms with van der Waals surface area (Å²) in [6, 6.07) is 0. The van der Waals surface area contributed by atoms with Crippen molar-refractivity contribution in [3.8, 4) is 0 Å². The normalized spacial score (nSPS) is 20.2. The van der Waals surface area contributed by atoms with E-state index in [0.29, 0.717) is 6.61 Å². The van der Waals surface area contributed by atoms with Crippen molar-refractivity contribution in [1.29, 1.82) is 0 Å². The van der Waals surface area contributed by atoms with E-state index in [1.807, 2.05) is 0 Å². The molecule has 0 heterocycles. The molecular formula is C14H28O2P+. The van der Waals surface area contributed by atoms with E-state index in [-0.39, 0.29) is 5.16 Å². The van der Waals surface area contributed by atoms with Crippen molar-refractivity contribution >= 4 is 8.03 Å². The van der Waals surface area contributed by atoms with Gasteiger partial charge in [-0.25, -0.2) is 0 Å². The van der Waals surface area contributed by atoms with E-state index in [1.165, 1.54) is 32.1 Å². The fraction of sp³-hybridized carbons (Fsp3) is 1.00. The molecule has 3 heteroatoms. The average molecular weight is 259 g/mol. The summed E-state index contributed by atoms with van der Waals surface area (Å²) < 4.78 is 18.1. The summed E-state index contributed by atoms with van der Waals surface area (Å²) in [6.07, 6.45) is 11.7. The monoisotopic (exact) mass is 259 g/mol. The van der Waals surface area contributed by atoms with Gasteiger partial charge >= 0.3 is 8.03 Å². The first-order chi connectivity index (χ1) is 8.25.